The van der Waals surface area contributed by atoms with Crippen molar-refractivity contribution in [1.29, 1.82) is 0 Å². The molecule has 2 N–H and O–H groups in total. The zero-order valence-corrected chi connectivity index (χ0v) is 13.6. The number of ether oxygens (including phenoxy) is 1. The van der Waals surface area contributed by atoms with Crippen molar-refractivity contribution < 1.29 is 27.5 Å². The zero-order chi connectivity index (χ0) is 18.2. The quantitative estimate of drug-likeness (QED) is 0.837. The molecule has 2 aromatic rings. The molecule has 12 heteroatoms. The fraction of sp³-hybridized carbons (Fsp3) is 0.231. The molecule has 0 fully saturated rings. The maximum atomic E-state index is 13.8. The first-order valence-electron chi connectivity index (χ1n) is 6.65. The monoisotopic (exact) mass is 392 g/mol. The summed E-state index contributed by atoms with van der Waals surface area (Å²) in [6.45, 7) is -1.05. The van der Waals surface area contributed by atoms with Crippen molar-refractivity contribution in [3.05, 3.63) is 40.7 Å². The summed E-state index contributed by atoms with van der Waals surface area (Å²) >= 11 is 6.52. The van der Waals surface area contributed by atoms with Crippen LogP contribution in [0.4, 0.5) is 23.7 Å². The van der Waals surface area contributed by atoms with Gasteiger partial charge in [0.1, 0.15) is 0 Å². The molecule has 0 spiro atoms. The zero-order valence-electron chi connectivity index (χ0n) is 12.1. The highest BCUT2D eigenvalue weighted by Gasteiger charge is 2.62. The van der Waals surface area contributed by atoms with Crippen LogP contribution < -0.4 is 10.6 Å². The lowest BCUT2D eigenvalue weighted by molar-refractivity contribution is -0.261. The SMILES string of the molecule is O=C1Nc2ccc(Cl)cc2C(CNC(=O)c2cnsn2)(C(F)(F)F)O1. The Morgan fingerprint density at radius 2 is 2.20 bits per heavy atom. The van der Waals surface area contributed by atoms with E-state index in [1.165, 1.54) is 12.1 Å². The number of carbonyl (C=O) groups excluding carboxylic acids is 2. The number of nitrogens with zero attached hydrogens (tertiary/aromatic N) is 2. The molecule has 7 nitrogen and oxygen atoms in total. The molecule has 1 aromatic heterocycles. The highest BCUT2D eigenvalue weighted by molar-refractivity contribution is 6.99. The molecule has 0 aliphatic carbocycles. The van der Waals surface area contributed by atoms with E-state index in [0.717, 1.165) is 24.0 Å². The van der Waals surface area contributed by atoms with Crippen LogP contribution in [0.3, 0.4) is 0 Å². The number of anilines is 1. The minimum Gasteiger partial charge on any atom is -0.426 e. The Bertz CT molecular complexity index is 830. The number of alkyl halides is 3. The lowest BCUT2D eigenvalue weighted by Gasteiger charge is -2.39. The Morgan fingerprint density at radius 1 is 1.44 bits per heavy atom. The van der Waals surface area contributed by atoms with Crippen molar-refractivity contribution in [3.63, 3.8) is 0 Å². The molecule has 1 aromatic carbocycles. The van der Waals surface area contributed by atoms with E-state index in [-0.39, 0.29) is 16.4 Å². The van der Waals surface area contributed by atoms with Crippen LogP contribution in [0.1, 0.15) is 16.1 Å². The van der Waals surface area contributed by atoms with Crippen molar-refractivity contribution >= 4 is 41.0 Å². The van der Waals surface area contributed by atoms with Gasteiger partial charge in [-0.2, -0.15) is 21.9 Å². The van der Waals surface area contributed by atoms with Gasteiger partial charge in [-0.05, 0) is 18.2 Å². The summed E-state index contributed by atoms with van der Waals surface area (Å²) in [6.07, 6.45) is -5.20. The lowest BCUT2D eigenvalue weighted by Crippen LogP contribution is -2.56. The standard InChI is InChI=1S/C13H8ClF3N4O3S/c14-6-1-2-8-7(3-6)12(13(15,16)17,24-11(23)20-8)5-18-10(22)9-4-19-25-21-9/h1-4H,5H2,(H,18,22)(H,20,23). The number of aromatic nitrogens is 2. The molecule has 0 radical (unpaired) electrons. The average Bonchev–Trinajstić information content (AvgIpc) is 3.06. The van der Waals surface area contributed by atoms with E-state index in [9.17, 15) is 22.8 Å². The number of fused-ring (bicyclic) bond motifs is 1. The summed E-state index contributed by atoms with van der Waals surface area (Å²) in [5, 5.41) is 4.27. The molecule has 1 aliphatic heterocycles. The second kappa shape index (κ2) is 6.15. The number of cyclic esters (lactones) is 1. The topological polar surface area (TPSA) is 93.2 Å². The summed E-state index contributed by atoms with van der Waals surface area (Å²) < 4.78 is 53.4. The number of amides is 2. The maximum absolute atomic E-state index is 13.8. The average molecular weight is 393 g/mol. The van der Waals surface area contributed by atoms with Crippen LogP contribution in [0.5, 0.6) is 0 Å². The van der Waals surface area contributed by atoms with Gasteiger partial charge in [0.2, 0.25) is 0 Å². The van der Waals surface area contributed by atoms with Crippen molar-refractivity contribution in [2.75, 3.05) is 11.9 Å². The van der Waals surface area contributed by atoms with Crippen LogP contribution >= 0.6 is 23.3 Å². The van der Waals surface area contributed by atoms with E-state index in [0.29, 0.717) is 0 Å². The molecular weight excluding hydrogens is 385 g/mol. The van der Waals surface area contributed by atoms with Gasteiger partial charge in [-0.15, -0.1) is 0 Å². The van der Waals surface area contributed by atoms with Gasteiger partial charge < -0.3 is 10.1 Å². The third-order valence-electron chi connectivity index (χ3n) is 3.47. The Hall–Kier alpha value is -2.40. The van der Waals surface area contributed by atoms with Gasteiger partial charge in [-0.3, -0.25) is 10.1 Å². The molecule has 1 atom stereocenters. The van der Waals surface area contributed by atoms with E-state index in [1.807, 2.05) is 0 Å². The van der Waals surface area contributed by atoms with Crippen LogP contribution in [0.2, 0.25) is 5.02 Å². The van der Waals surface area contributed by atoms with E-state index in [4.69, 9.17) is 11.6 Å². The van der Waals surface area contributed by atoms with Crippen molar-refractivity contribution in [2.24, 2.45) is 0 Å². The molecule has 132 valence electrons. The van der Waals surface area contributed by atoms with Gasteiger partial charge in [0.05, 0.1) is 30.2 Å². The molecule has 0 saturated heterocycles. The molecular formula is C13H8ClF3N4O3S. The lowest BCUT2D eigenvalue weighted by atomic mass is 9.89. The Kier molecular flexibility index (Phi) is 4.29. The second-order valence-corrected chi connectivity index (χ2v) is 6.00. The molecule has 1 aliphatic rings. The molecule has 2 heterocycles. The van der Waals surface area contributed by atoms with Crippen LogP contribution in [0.15, 0.2) is 24.4 Å². The van der Waals surface area contributed by atoms with Gasteiger partial charge >= 0.3 is 12.3 Å². The number of rotatable bonds is 3. The molecule has 3 rings (SSSR count). The van der Waals surface area contributed by atoms with E-state index < -0.39 is 35.9 Å². The number of carbonyl (C=O) groups is 2. The molecule has 0 saturated carbocycles. The van der Waals surface area contributed by atoms with E-state index in [1.54, 1.807) is 0 Å². The predicted octanol–water partition coefficient (Wildman–Crippen LogP) is 2.94. The summed E-state index contributed by atoms with van der Waals surface area (Å²) in [4.78, 5) is 23.6. The normalized spacial score (nSPS) is 19.6. The van der Waals surface area contributed by atoms with Gasteiger partial charge in [0, 0.05) is 10.6 Å². The number of hydrogen-bond donors (Lipinski definition) is 2. The third-order valence-corrected chi connectivity index (χ3v) is 4.18. The first-order chi connectivity index (χ1) is 11.7. The molecule has 0 bridgehead atoms. The first-order valence-corrected chi connectivity index (χ1v) is 7.76. The summed E-state index contributed by atoms with van der Waals surface area (Å²) in [7, 11) is 0. The Balaban J connectivity index is 2.01. The molecule has 25 heavy (non-hydrogen) atoms. The van der Waals surface area contributed by atoms with Gasteiger partial charge in [0.25, 0.3) is 11.5 Å². The van der Waals surface area contributed by atoms with E-state index >= 15 is 0 Å². The van der Waals surface area contributed by atoms with Crippen molar-refractivity contribution in [3.8, 4) is 0 Å². The number of nitrogens with one attached hydrogen (secondary N) is 2. The molecule has 2 amide bonds. The fourth-order valence-corrected chi connectivity index (χ4v) is 2.89. The predicted molar refractivity (Wildman–Crippen MR) is 81.5 cm³/mol. The minimum atomic E-state index is -5.02. The smallest absolute Gasteiger partial charge is 0.426 e. The number of halogens is 4. The number of benzene rings is 1. The van der Waals surface area contributed by atoms with Crippen molar-refractivity contribution in [1.82, 2.24) is 14.1 Å². The third kappa shape index (κ3) is 3.12. The molecule has 1 unspecified atom stereocenters. The van der Waals surface area contributed by atoms with Gasteiger partial charge in [0.15, 0.2) is 5.69 Å². The van der Waals surface area contributed by atoms with Gasteiger partial charge in [-0.25, -0.2) is 4.79 Å². The van der Waals surface area contributed by atoms with E-state index in [2.05, 4.69) is 24.1 Å². The fourth-order valence-electron chi connectivity index (χ4n) is 2.31. The van der Waals surface area contributed by atoms with Crippen LogP contribution in [-0.4, -0.2) is 33.5 Å². The first kappa shape index (κ1) is 17.4. The highest BCUT2D eigenvalue weighted by atomic mass is 35.5. The van der Waals surface area contributed by atoms with Crippen LogP contribution in [0, 0.1) is 0 Å². The highest BCUT2D eigenvalue weighted by Crippen LogP contribution is 2.47. The van der Waals surface area contributed by atoms with Crippen LogP contribution in [0.25, 0.3) is 0 Å². The maximum Gasteiger partial charge on any atom is 0.434 e. The van der Waals surface area contributed by atoms with Crippen LogP contribution in [-0.2, 0) is 10.3 Å². The second-order valence-electron chi connectivity index (χ2n) is 5.00. The summed E-state index contributed by atoms with van der Waals surface area (Å²) in [5.41, 5.74) is -3.76. The Morgan fingerprint density at radius 3 is 2.84 bits per heavy atom. The Labute approximate surface area is 147 Å². The minimum absolute atomic E-state index is 0.0159. The largest absolute Gasteiger partial charge is 0.434 e. The summed E-state index contributed by atoms with van der Waals surface area (Å²) in [5.74, 6) is -0.879. The van der Waals surface area contributed by atoms with Crippen molar-refractivity contribution in [2.45, 2.75) is 11.8 Å². The number of hydrogen-bond acceptors (Lipinski definition) is 6. The summed E-state index contributed by atoms with van der Waals surface area (Å²) in [6, 6.07) is 3.58. The van der Waals surface area contributed by atoms with Gasteiger partial charge in [-0.1, -0.05) is 11.6 Å².